The lowest BCUT2D eigenvalue weighted by atomic mass is 9.94. The first-order valence-electron chi connectivity index (χ1n) is 18.8. The number of aromatic amines is 2. The van der Waals surface area contributed by atoms with E-state index in [0.29, 0.717) is 42.0 Å². The number of H-pyrrole nitrogens is 2. The minimum absolute atomic E-state index is 0.0193. The summed E-state index contributed by atoms with van der Waals surface area (Å²) in [5, 5.41) is 5.36. The summed E-state index contributed by atoms with van der Waals surface area (Å²) in [7, 11) is 2.58. The third-order valence-corrected chi connectivity index (χ3v) is 10.1. The van der Waals surface area contributed by atoms with Crippen LogP contribution in [0.25, 0.3) is 0 Å². The zero-order valence-corrected chi connectivity index (χ0v) is 32.9. The number of rotatable bonds is 9. The first-order valence-corrected chi connectivity index (χ1v) is 18.8. The van der Waals surface area contributed by atoms with Gasteiger partial charge in [0.2, 0.25) is 11.8 Å². The Morgan fingerprint density at radius 2 is 1.22 bits per heavy atom. The van der Waals surface area contributed by atoms with Crippen molar-refractivity contribution in [1.29, 1.82) is 0 Å². The normalized spacial score (nSPS) is 20.3. The van der Waals surface area contributed by atoms with Gasteiger partial charge in [0, 0.05) is 30.8 Å². The summed E-state index contributed by atoms with van der Waals surface area (Å²) in [6.07, 6.45) is 3.68. The van der Waals surface area contributed by atoms with Crippen LogP contribution < -0.4 is 10.6 Å². The maximum absolute atomic E-state index is 13.7. The number of methoxy groups -OCH3 is 2. The molecule has 0 bridgehead atoms. The fraction of sp³-hybridized carbons (Fsp3) is 0.512. The molecule has 4 heterocycles. The van der Waals surface area contributed by atoms with Crippen LogP contribution in [0.2, 0.25) is 0 Å². The zero-order valence-electron chi connectivity index (χ0n) is 32.9. The number of ether oxygens (including phenoxy) is 2. The van der Waals surface area contributed by atoms with Crippen LogP contribution in [0.4, 0.5) is 9.59 Å². The molecule has 2 aromatic heterocycles. The first kappa shape index (κ1) is 40.4. The lowest BCUT2D eigenvalue weighted by Crippen LogP contribution is -2.51. The first-order chi connectivity index (χ1) is 26.3. The molecule has 2 saturated heterocycles. The lowest BCUT2D eigenvalue weighted by Gasteiger charge is -2.30. The molecule has 14 nitrogen and oxygen atoms in total. The van der Waals surface area contributed by atoms with E-state index in [1.807, 2.05) is 56.9 Å². The Kier molecular flexibility index (Phi) is 13.3. The van der Waals surface area contributed by atoms with Crippen molar-refractivity contribution in [3.05, 3.63) is 70.8 Å². The van der Waals surface area contributed by atoms with Crippen molar-refractivity contribution in [2.45, 2.75) is 72.5 Å². The number of benzene rings is 1. The van der Waals surface area contributed by atoms with Gasteiger partial charge in [-0.3, -0.25) is 9.59 Å². The van der Waals surface area contributed by atoms with Crippen LogP contribution in [-0.2, 0) is 19.1 Å². The molecule has 292 valence electrons. The lowest BCUT2D eigenvalue weighted by molar-refractivity contribution is -0.138. The van der Waals surface area contributed by atoms with Crippen LogP contribution in [0.3, 0.4) is 0 Å². The molecule has 0 saturated carbocycles. The predicted molar refractivity (Wildman–Crippen MR) is 205 cm³/mol. The van der Waals surface area contributed by atoms with Crippen molar-refractivity contribution < 1.29 is 28.7 Å². The number of hydrogen-bond donors (Lipinski definition) is 4. The van der Waals surface area contributed by atoms with Crippen LogP contribution in [0.1, 0.15) is 101 Å². The van der Waals surface area contributed by atoms with E-state index in [-0.39, 0.29) is 48.2 Å². The van der Waals surface area contributed by atoms with Gasteiger partial charge in [-0.1, -0.05) is 53.4 Å². The van der Waals surface area contributed by atoms with E-state index in [2.05, 4.69) is 68.1 Å². The van der Waals surface area contributed by atoms with E-state index >= 15 is 0 Å². The molecule has 3 aromatic rings. The van der Waals surface area contributed by atoms with Gasteiger partial charge in [-0.15, -0.1) is 0 Å². The monoisotopic (exact) mass is 752 g/mol. The van der Waals surface area contributed by atoms with Gasteiger partial charge in [0.1, 0.15) is 29.1 Å². The fourth-order valence-corrected chi connectivity index (χ4v) is 7.12. The minimum Gasteiger partial charge on any atom is -0.453 e. The Morgan fingerprint density at radius 1 is 0.745 bits per heavy atom. The number of amides is 4. The molecule has 6 unspecified atom stereocenters. The van der Waals surface area contributed by atoms with Gasteiger partial charge >= 0.3 is 12.2 Å². The van der Waals surface area contributed by atoms with E-state index in [4.69, 9.17) is 9.47 Å². The summed E-state index contributed by atoms with van der Waals surface area (Å²) in [4.78, 5) is 70.3. The average Bonchev–Trinajstić information content (AvgIpc) is 3.98. The predicted octanol–water partition coefficient (Wildman–Crippen LogP) is 4.76. The highest BCUT2D eigenvalue weighted by Crippen LogP contribution is 2.36. The highest BCUT2D eigenvalue weighted by molar-refractivity contribution is 5.86. The zero-order chi connectivity index (χ0) is 39.8. The Bertz CT molecular complexity index is 1960. The van der Waals surface area contributed by atoms with Crippen molar-refractivity contribution >= 4 is 24.0 Å². The molecule has 2 aliphatic heterocycles. The van der Waals surface area contributed by atoms with E-state index < -0.39 is 24.1 Å². The summed E-state index contributed by atoms with van der Waals surface area (Å²) in [5.41, 5.74) is 2.87. The number of imidazole rings is 2. The molecule has 55 heavy (non-hydrogen) atoms. The average molecular weight is 753 g/mol. The number of nitrogens with zero attached hydrogens (tertiary/aromatic N) is 4. The second-order valence-corrected chi connectivity index (χ2v) is 15.2. The van der Waals surface area contributed by atoms with Crippen LogP contribution in [0.5, 0.6) is 0 Å². The molecule has 2 aliphatic rings. The van der Waals surface area contributed by atoms with E-state index in [9.17, 15) is 19.2 Å². The summed E-state index contributed by atoms with van der Waals surface area (Å²) in [5.74, 6) is 13.9. The van der Waals surface area contributed by atoms with E-state index in [1.165, 1.54) is 14.2 Å². The number of carbonyl (C=O) groups excluding carboxylic acids is 4. The third kappa shape index (κ3) is 10.1. The molecule has 5 rings (SSSR count). The molecule has 2 fully saturated rings. The Hall–Kier alpha value is -5.76. The molecule has 0 radical (unpaired) electrons. The van der Waals surface area contributed by atoms with Gasteiger partial charge < -0.3 is 39.9 Å². The van der Waals surface area contributed by atoms with Gasteiger partial charge in [0.15, 0.2) is 0 Å². The van der Waals surface area contributed by atoms with Gasteiger partial charge in [-0.25, -0.2) is 19.6 Å². The number of carbonyl (C=O) groups is 4. The Balaban J connectivity index is 1.22. The van der Waals surface area contributed by atoms with Crippen molar-refractivity contribution in [3.8, 4) is 23.7 Å². The standard InChI is InChI=1S/C41H52N8O6/c1-24(2)32(21-44-40(52)54-7)38(50)48-22-26(5)17-33(48)36-42-19-30(45-36)15-13-28-9-11-29(12-10-28)14-16-31-20-43-37(46-31)34-18-27(6)23-49(34)39(51)35(25(3)4)47-41(53)55-8/h9-12,19-20,24-27,32-35H,17-18,21-23H2,1-8H3,(H,42,45)(H,43,46)(H,44,52)(H,47,53). The molecule has 14 heteroatoms. The summed E-state index contributed by atoms with van der Waals surface area (Å²) >= 11 is 0. The summed E-state index contributed by atoms with van der Waals surface area (Å²) in [6.45, 7) is 13.3. The number of hydrogen-bond acceptors (Lipinski definition) is 8. The van der Waals surface area contributed by atoms with Gasteiger partial charge in [-0.05, 0) is 72.6 Å². The van der Waals surface area contributed by atoms with Crippen molar-refractivity contribution in [3.63, 3.8) is 0 Å². The molecule has 6 atom stereocenters. The highest BCUT2D eigenvalue weighted by atomic mass is 16.5. The number of likely N-dealkylation sites (tertiary alicyclic amines) is 2. The van der Waals surface area contributed by atoms with Crippen LogP contribution >= 0.6 is 0 Å². The van der Waals surface area contributed by atoms with E-state index in [0.717, 1.165) is 24.0 Å². The van der Waals surface area contributed by atoms with Gasteiger partial charge in [0.25, 0.3) is 0 Å². The van der Waals surface area contributed by atoms with Gasteiger partial charge in [0.05, 0.1) is 44.6 Å². The molecule has 1 aromatic carbocycles. The molecule has 0 spiro atoms. The van der Waals surface area contributed by atoms with Crippen molar-refractivity contribution in [1.82, 2.24) is 40.4 Å². The minimum atomic E-state index is -0.712. The molecular formula is C41H52N8O6. The van der Waals surface area contributed by atoms with Crippen LogP contribution in [0.15, 0.2) is 36.7 Å². The maximum Gasteiger partial charge on any atom is 0.407 e. The number of aromatic nitrogens is 4. The summed E-state index contributed by atoms with van der Waals surface area (Å²) < 4.78 is 9.44. The topological polar surface area (TPSA) is 175 Å². The fourth-order valence-electron chi connectivity index (χ4n) is 7.12. The summed E-state index contributed by atoms with van der Waals surface area (Å²) in [6, 6.07) is 6.41. The third-order valence-electron chi connectivity index (χ3n) is 10.1. The van der Waals surface area contributed by atoms with Crippen molar-refractivity contribution in [2.75, 3.05) is 33.9 Å². The quantitative estimate of drug-likeness (QED) is 0.227. The van der Waals surface area contributed by atoms with Crippen LogP contribution in [0, 0.1) is 53.3 Å². The second-order valence-electron chi connectivity index (χ2n) is 15.2. The van der Waals surface area contributed by atoms with E-state index in [1.54, 1.807) is 17.3 Å². The Morgan fingerprint density at radius 3 is 1.65 bits per heavy atom. The molecule has 0 aliphatic carbocycles. The largest absolute Gasteiger partial charge is 0.453 e. The molecular weight excluding hydrogens is 701 g/mol. The van der Waals surface area contributed by atoms with Gasteiger partial charge in [-0.2, -0.15) is 0 Å². The Labute approximate surface area is 322 Å². The number of nitrogens with one attached hydrogen (secondary N) is 4. The maximum atomic E-state index is 13.7. The number of alkyl carbamates (subject to hydrolysis) is 2. The highest BCUT2D eigenvalue weighted by Gasteiger charge is 2.41. The van der Waals surface area contributed by atoms with Crippen molar-refractivity contribution in [2.24, 2.45) is 29.6 Å². The second kappa shape index (κ2) is 18.0. The SMILES string of the molecule is COC(=O)NCC(C(=O)N1CC(C)CC1c1ncc(C#Cc2ccc(C#Cc3cnc(C4CC(C)CN4C(=O)C(NC(=O)OC)C(C)C)[nH]3)cc2)[nH]1)C(C)C. The smallest absolute Gasteiger partial charge is 0.407 e. The molecule has 4 N–H and O–H groups in total. The van der Waals surface area contributed by atoms with Crippen LogP contribution in [-0.4, -0.2) is 93.6 Å². The molecule has 4 amide bonds.